The van der Waals surface area contributed by atoms with Gasteiger partial charge < -0.3 is 15.3 Å². The van der Waals surface area contributed by atoms with Crippen LogP contribution in [-0.4, -0.2) is 27.4 Å². The summed E-state index contributed by atoms with van der Waals surface area (Å²) in [4.78, 5) is 10.4. The smallest absolute Gasteiger partial charge is 0.335 e. The minimum Gasteiger partial charge on any atom is -0.479 e. The fourth-order valence-corrected chi connectivity index (χ4v) is 1.21. The molecule has 0 spiro atoms. The van der Waals surface area contributed by atoms with Gasteiger partial charge >= 0.3 is 5.97 Å². The van der Waals surface area contributed by atoms with E-state index in [9.17, 15) is 18.7 Å². The van der Waals surface area contributed by atoms with Crippen LogP contribution in [0.1, 0.15) is 17.2 Å². The first-order chi connectivity index (χ1) is 7.34. The molecule has 0 amide bonds. The number of hydrogen-bond donors (Lipinski definition) is 3. The van der Waals surface area contributed by atoms with E-state index in [1.165, 1.54) is 6.92 Å². The number of aryl methyl sites for hydroxylation is 1. The van der Waals surface area contributed by atoms with Crippen molar-refractivity contribution >= 4 is 5.97 Å². The summed E-state index contributed by atoms with van der Waals surface area (Å²) in [7, 11) is 0. The molecule has 88 valence electrons. The first-order valence-electron chi connectivity index (χ1n) is 4.39. The molecule has 0 radical (unpaired) electrons. The van der Waals surface area contributed by atoms with E-state index >= 15 is 0 Å². The highest BCUT2D eigenvalue weighted by Crippen LogP contribution is 2.23. The second kappa shape index (κ2) is 4.54. The van der Waals surface area contributed by atoms with E-state index in [1.807, 2.05) is 0 Å². The van der Waals surface area contributed by atoms with Gasteiger partial charge in [-0.15, -0.1) is 0 Å². The lowest BCUT2D eigenvalue weighted by Gasteiger charge is -2.15. The maximum Gasteiger partial charge on any atom is 0.335 e. The Balaban J connectivity index is 3.13. The van der Waals surface area contributed by atoms with Gasteiger partial charge in [-0.3, -0.25) is 0 Å². The van der Waals surface area contributed by atoms with Gasteiger partial charge in [0, 0.05) is 11.6 Å². The summed E-state index contributed by atoms with van der Waals surface area (Å²) in [5.41, 5.74) is -0.401. The van der Waals surface area contributed by atoms with Crippen molar-refractivity contribution < 1.29 is 28.9 Å². The van der Waals surface area contributed by atoms with Crippen molar-refractivity contribution in [2.75, 3.05) is 0 Å². The van der Waals surface area contributed by atoms with Crippen LogP contribution in [0.15, 0.2) is 12.1 Å². The molecule has 16 heavy (non-hydrogen) atoms. The monoisotopic (exact) mass is 232 g/mol. The first-order valence-corrected chi connectivity index (χ1v) is 4.39. The van der Waals surface area contributed by atoms with E-state index < -0.39 is 35.4 Å². The van der Waals surface area contributed by atoms with Gasteiger partial charge in [-0.2, -0.15) is 0 Å². The molecule has 0 heterocycles. The molecule has 0 aromatic heterocycles. The Morgan fingerprint density at radius 1 is 1.25 bits per heavy atom. The zero-order chi connectivity index (χ0) is 12.5. The molecule has 4 nitrogen and oxygen atoms in total. The number of aliphatic hydroxyl groups excluding tert-OH is 2. The van der Waals surface area contributed by atoms with Crippen molar-refractivity contribution in [3.63, 3.8) is 0 Å². The van der Waals surface area contributed by atoms with E-state index in [2.05, 4.69) is 0 Å². The molecule has 1 aromatic carbocycles. The van der Waals surface area contributed by atoms with Gasteiger partial charge in [-0.25, -0.2) is 13.6 Å². The average Bonchev–Trinajstić information content (AvgIpc) is 2.21. The van der Waals surface area contributed by atoms with Crippen LogP contribution in [0.3, 0.4) is 0 Å². The van der Waals surface area contributed by atoms with Crippen LogP contribution >= 0.6 is 0 Å². The maximum absolute atomic E-state index is 13.2. The number of rotatable bonds is 3. The molecule has 3 N–H and O–H groups in total. The van der Waals surface area contributed by atoms with Crippen molar-refractivity contribution in [1.29, 1.82) is 0 Å². The van der Waals surface area contributed by atoms with E-state index in [0.717, 1.165) is 6.07 Å². The zero-order valence-electron chi connectivity index (χ0n) is 8.32. The molecule has 6 heteroatoms. The fourth-order valence-electron chi connectivity index (χ4n) is 1.21. The third-order valence-electron chi connectivity index (χ3n) is 2.15. The van der Waals surface area contributed by atoms with Gasteiger partial charge in [0.1, 0.15) is 17.7 Å². The molecular formula is C10H10F2O4. The van der Waals surface area contributed by atoms with Gasteiger partial charge in [0.25, 0.3) is 0 Å². The van der Waals surface area contributed by atoms with Crippen LogP contribution in [0, 0.1) is 18.6 Å². The minimum atomic E-state index is -2.15. The normalized spacial score (nSPS) is 14.6. The number of carboxylic acids is 1. The summed E-state index contributed by atoms with van der Waals surface area (Å²) in [5.74, 6) is -3.59. The quantitative estimate of drug-likeness (QED) is 0.718. The fraction of sp³-hybridized carbons (Fsp3) is 0.300. The number of halogens is 2. The summed E-state index contributed by atoms with van der Waals surface area (Å²) in [6.45, 7) is 1.33. The molecule has 2 unspecified atom stereocenters. The van der Waals surface area contributed by atoms with E-state index in [0.29, 0.717) is 6.07 Å². The Kier molecular flexibility index (Phi) is 3.56. The predicted octanol–water partition coefficient (Wildman–Crippen LogP) is 0.752. The second-order valence-corrected chi connectivity index (χ2v) is 3.35. The van der Waals surface area contributed by atoms with Crippen LogP contribution in [0.2, 0.25) is 0 Å². The average molecular weight is 232 g/mol. The first kappa shape index (κ1) is 12.5. The van der Waals surface area contributed by atoms with Crippen molar-refractivity contribution in [2.24, 2.45) is 0 Å². The van der Waals surface area contributed by atoms with Crippen molar-refractivity contribution in [3.8, 4) is 0 Å². The van der Waals surface area contributed by atoms with Crippen molar-refractivity contribution in [3.05, 3.63) is 34.9 Å². The van der Waals surface area contributed by atoms with Crippen LogP contribution in [-0.2, 0) is 4.79 Å². The lowest BCUT2D eigenvalue weighted by atomic mass is 10.0. The Bertz CT molecular complexity index is 420. The molecule has 0 aliphatic rings. The van der Waals surface area contributed by atoms with Crippen LogP contribution in [0.4, 0.5) is 8.78 Å². The Morgan fingerprint density at radius 2 is 1.81 bits per heavy atom. The van der Waals surface area contributed by atoms with Gasteiger partial charge in [0.15, 0.2) is 6.10 Å². The maximum atomic E-state index is 13.2. The van der Waals surface area contributed by atoms with Gasteiger partial charge in [-0.1, -0.05) is 0 Å². The Morgan fingerprint density at radius 3 is 2.31 bits per heavy atom. The Hall–Kier alpha value is -1.53. The SMILES string of the molecule is Cc1cc(C(O)C(O)C(=O)O)c(F)cc1F. The lowest BCUT2D eigenvalue weighted by molar-refractivity contribution is -0.153. The number of aliphatic hydroxyl groups is 2. The lowest BCUT2D eigenvalue weighted by Crippen LogP contribution is -2.28. The van der Waals surface area contributed by atoms with Crippen molar-refractivity contribution in [2.45, 2.75) is 19.1 Å². The highest BCUT2D eigenvalue weighted by molar-refractivity contribution is 5.73. The number of carbonyl (C=O) groups is 1. The number of carboxylic acid groups (broad SMARTS) is 1. The van der Waals surface area contributed by atoms with Gasteiger partial charge in [0.2, 0.25) is 0 Å². The summed E-state index contributed by atoms with van der Waals surface area (Å²) in [6, 6.07) is 1.49. The van der Waals surface area contributed by atoms with Gasteiger partial charge in [-0.05, 0) is 18.6 Å². The second-order valence-electron chi connectivity index (χ2n) is 3.35. The largest absolute Gasteiger partial charge is 0.479 e. The minimum absolute atomic E-state index is 0.0491. The number of aliphatic carboxylic acids is 1. The van der Waals surface area contributed by atoms with Gasteiger partial charge in [0.05, 0.1) is 0 Å². The summed E-state index contributed by atoms with van der Waals surface area (Å²) < 4.78 is 26.1. The summed E-state index contributed by atoms with van der Waals surface area (Å²) >= 11 is 0. The third-order valence-corrected chi connectivity index (χ3v) is 2.15. The molecule has 0 saturated carbocycles. The molecule has 0 aliphatic heterocycles. The molecular weight excluding hydrogens is 222 g/mol. The number of benzene rings is 1. The predicted molar refractivity (Wildman–Crippen MR) is 49.7 cm³/mol. The summed E-state index contributed by atoms with van der Waals surface area (Å²) in [6.07, 6.45) is -4.09. The van der Waals surface area contributed by atoms with E-state index in [1.54, 1.807) is 0 Å². The molecule has 0 aliphatic carbocycles. The number of hydrogen-bond acceptors (Lipinski definition) is 3. The highest BCUT2D eigenvalue weighted by atomic mass is 19.1. The zero-order valence-corrected chi connectivity index (χ0v) is 8.32. The van der Waals surface area contributed by atoms with E-state index in [4.69, 9.17) is 10.2 Å². The molecule has 1 rings (SSSR count). The van der Waals surface area contributed by atoms with Crippen molar-refractivity contribution in [1.82, 2.24) is 0 Å². The Labute approximate surface area is 89.8 Å². The molecule has 1 aromatic rings. The standard InChI is InChI=1S/C10H10F2O4/c1-4-2-5(7(12)3-6(4)11)8(13)9(14)10(15)16/h2-3,8-9,13-14H,1H3,(H,15,16). The molecule has 0 saturated heterocycles. The molecule has 2 atom stereocenters. The molecule has 0 fully saturated rings. The third kappa shape index (κ3) is 2.34. The highest BCUT2D eigenvalue weighted by Gasteiger charge is 2.28. The topological polar surface area (TPSA) is 77.8 Å². The van der Waals surface area contributed by atoms with Crippen LogP contribution in [0.5, 0.6) is 0 Å². The molecule has 0 bridgehead atoms. The van der Waals surface area contributed by atoms with Crippen LogP contribution < -0.4 is 0 Å². The van der Waals surface area contributed by atoms with Crippen LogP contribution in [0.25, 0.3) is 0 Å². The summed E-state index contributed by atoms with van der Waals surface area (Å²) in [5, 5.41) is 26.8. The van der Waals surface area contributed by atoms with E-state index in [-0.39, 0.29) is 5.56 Å².